The number of hydrogen-bond donors (Lipinski definition) is 2. The predicted molar refractivity (Wildman–Crippen MR) is 116 cm³/mol. The van der Waals surface area contributed by atoms with Crippen LogP contribution in [0.1, 0.15) is 18.4 Å². The Bertz CT molecular complexity index is 1120. The first-order valence-electron chi connectivity index (χ1n) is 9.24. The number of thioether (sulfide) groups is 1. The molecule has 0 spiro atoms. The summed E-state index contributed by atoms with van der Waals surface area (Å²) in [6.45, 7) is 0. The van der Waals surface area contributed by atoms with Crippen molar-refractivity contribution < 1.29 is 13.2 Å². The first-order valence-corrected chi connectivity index (χ1v) is 12.4. The quantitative estimate of drug-likeness (QED) is 0.737. The van der Waals surface area contributed by atoms with Gasteiger partial charge < -0.3 is 11.1 Å². The molecular weight excluding hydrogens is 432 g/mol. The minimum Gasteiger partial charge on any atom is -0.346 e. The Morgan fingerprint density at radius 3 is 3.03 bits per heavy atom. The van der Waals surface area contributed by atoms with Crippen molar-refractivity contribution in [1.29, 1.82) is 0 Å². The maximum absolute atomic E-state index is 12.8. The molecule has 29 heavy (non-hydrogen) atoms. The number of nitrogens with two attached hydrogens (primary N) is 1. The maximum Gasteiger partial charge on any atom is 0.257 e. The molecule has 0 bridgehead atoms. The van der Waals surface area contributed by atoms with Crippen molar-refractivity contribution in [3.05, 3.63) is 52.2 Å². The third-order valence-corrected chi connectivity index (χ3v) is 8.52. The number of hydrogen-bond acceptors (Lipinski definition) is 6. The molecule has 0 radical (unpaired) electrons. The molecule has 1 amide bonds. The van der Waals surface area contributed by atoms with E-state index in [0.717, 1.165) is 16.7 Å². The van der Waals surface area contributed by atoms with E-state index >= 15 is 0 Å². The fraction of sp³-hybridized carbons (Fsp3) is 0.368. The van der Waals surface area contributed by atoms with Crippen molar-refractivity contribution in [2.24, 2.45) is 5.73 Å². The number of rotatable bonds is 3. The monoisotopic (exact) mass is 452 g/mol. The van der Waals surface area contributed by atoms with Crippen LogP contribution in [-0.4, -0.2) is 53.3 Å². The van der Waals surface area contributed by atoms with Gasteiger partial charge in [-0.05, 0) is 30.5 Å². The minimum absolute atomic E-state index is 0.0700. The summed E-state index contributed by atoms with van der Waals surface area (Å²) >= 11 is 7.90. The zero-order valence-corrected chi connectivity index (χ0v) is 17.9. The van der Waals surface area contributed by atoms with Gasteiger partial charge in [-0.1, -0.05) is 23.7 Å². The van der Waals surface area contributed by atoms with Crippen LogP contribution < -0.4 is 11.1 Å². The Balaban J connectivity index is 1.52. The van der Waals surface area contributed by atoms with E-state index < -0.39 is 15.9 Å². The molecule has 3 N–H and O–H groups in total. The number of carbonyl (C=O) groups excluding carboxylic acids is 1. The smallest absolute Gasteiger partial charge is 0.257 e. The lowest BCUT2D eigenvalue weighted by molar-refractivity contribution is -0.117. The highest BCUT2D eigenvalue weighted by molar-refractivity contribution is 8.04. The molecule has 2 aliphatic rings. The molecule has 2 aromatic heterocycles. The van der Waals surface area contributed by atoms with Gasteiger partial charge in [-0.2, -0.15) is 5.10 Å². The van der Waals surface area contributed by atoms with Gasteiger partial charge in [-0.25, -0.2) is 12.9 Å². The van der Waals surface area contributed by atoms with E-state index in [2.05, 4.69) is 10.4 Å². The molecule has 0 aromatic carbocycles. The number of halogens is 1. The van der Waals surface area contributed by atoms with Crippen molar-refractivity contribution in [3.63, 3.8) is 0 Å². The molecule has 0 aliphatic carbocycles. The second kappa shape index (κ2) is 8.14. The summed E-state index contributed by atoms with van der Waals surface area (Å²) in [4.78, 5) is 13.3. The van der Waals surface area contributed by atoms with Gasteiger partial charge in [0.25, 0.3) is 5.91 Å². The molecule has 4 heterocycles. The first kappa shape index (κ1) is 20.5. The highest BCUT2D eigenvalue weighted by atomic mass is 35.5. The van der Waals surface area contributed by atoms with Crippen molar-refractivity contribution in [2.75, 3.05) is 17.3 Å². The fourth-order valence-electron chi connectivity index (χ4n) is 3.56. The van der Waals surface area contributed by atoms with Crippen LogP contribution >= 0.6 is 23.4 Å². The number of aromatic nitrogens is 2. The second-order valence-corrected chi connectivity index (χ2v) is 10.9. The number of sulfone groups is 1. The standard InChI is InChI=1S/C19H21ClN4O3S2/c20-14-10-28-18(19(25)23-16-11-29(26,27)8-6-15(16)21)5-4-12(14)13-9-22-24-7-2-1-3-17(13)24/h1-3,5,7,9,15-16H,4,6,8,10-11,21H2,(H,23,25). The Morgan fingerprint density at radius 1 is 1.38 bits per heavy atom. The van der Waals surface area contributed by atoms with Crippen molar-refractivity contribution >= 4 is 50.2 Å². The summed E-state index contributed by atoms with van der Waals surface area (Å²) in [7, 11) is -3.18. The Morgan fingerprint density at radius 2 is 2.21 bits per heavy atom. The van der Waals surface area contributed by atoms with Crippen LogP contribution in [0.4, 0.5) is 0 Å². The lowest BCUT2D eigenvalue weighted by Gasteiger charge is -2.29. The maximum atomic E-state index is 12.8. The van der Waals surface area contributed by atoms with Gasteiger partial charge in [0.15, 0.2) is 9.84 Å². The van der Waals surface area contributed by atoms with Gasteiger partial charge in [-0.15, -0.1) is 11.8 Å². The molecule has 2 aliphatic heterocycles. The molecule has 7 nitrogen and oxygen atoms in total. The van der Waals surface area contributed by atoms with E-state index in [1.807, 2.05) is 30.5 Å². The van der Waals surface area contributed by atoms with Crippen LogP contribution in [0.15, 0.2) is 46.6 Å². The van der Waals surface area contributed by atoms with Crippen molar-refractivity contribution in [1.82, 2.24) is 14.9 Å². The topological polar surface area (TPSA) is 107 Å². The predicted octanol–water partition coefficient (Wildman–Crippen LogP) is 1.94. The summed E-state index contributed by atoms with van der Waals surface area (Å²) < 4.78 is 25.6. The summed E-state index contributed by atoms with van der Waals surface area (Å²) in [5.74, 6) is 0.0959. The Kier molecular flexibility index (Phi) is 5.74. The van der Waals surface area contributed by atoms with E-state index in [0.29, 0.717) is 28.5 Å². The first-order chi connectivity index (χ1) is 13.8. The number of pyridine rings is 1. The Labute approximate surface area is 178 Å². The highest BCUT2D eigenvalue weighted by Crippen LogP contribution is 2.36. The number of allylic oxidation sites excluding steroid dienone is 2. The van der Waals surface area contributed by atoms with Gasteiger partial charge >= 0.3 is 0 Å². The molecule has 4 rings (SSSR count). The van der Waals surface area contributed by atoms with Crippen LogP contribution in [0, 0.1) is 0 Å². The molecule has 2 atom stereocenters. The van der Waals surface area contributed by atoms with Crippen molar-refractivity contribution in [3.8, 4) is 0 Å². The molecule has 154 valence electrons. The average Bonchev–Trinajstić information content (AvgIpc) is 3.01. The SMILES string of the molecule is NC1CCS(=O)(=O)CC1NC(=O)C1=CCC(c2cnn3ccccc23)=C(Cl)CS1. The number of carbonyl (C=O) groups is 1. The molecule has 0 saturated carbocycles. The highest BCUT2D eigenvalue weighted by Gasteiger charge is 2.32. The van der Waals surface area contributed by atoms with E-state index in [-0.39, 0.29) is 23.5 Å². The fourth-order valence-corrected chi connectivity index (χ4v) is 6.43. The number of fused-ring (bicyclic) bond motifs is 1. The second-order valence-electron chi connectivity index (χ2n) is 7.18. The van der Waals surface area contributed by atoms with E-state index in [1.54, 1.807) is 10.7 Å². The largest absolute Gasteiger partial charge is 0.346 e. The average molecular weight is 453 g/mol. The molecular formula is C19H21ClN4O3S2. The van der Waals surface area contributed by atoms with Gasteiger partial charge in [0.05, 0.1) is 34.2 Å². The molecule has 10 heteroatoms. The van der Waals surface area contributed by atoms with Crippen LogP contribution in [-0.2, 0) is 14.6 Å². The Hall–Kier alpha value is -1.81. The number of amides is 1. The van der Waals surface area contributed by atoms with E-state index in [1.165, 1.54) is 11.8 Å². The summed E-state index contributed by atoms with van der Waals surface area (Å²) in [5.41, 5.74) is 8.85. The summed E-state index contributed by atoms with van der Waals surface area (Å²) in [6, 6.07) is 4.88. The van der Waals surface area contributed by atoms with Crippen LogP contribution in [0.3, 0.4) is 0 Å². The van der Waals surface area contributed by atoms with Crippen LogP contribution in [0.5, 0.6) is 0 Å². The van der Waals surface area contributed by atoms with Gasteiger partial charge in [0.1, 0.15) is 0 Å². The lowest BCUT2D eigenvalue weighted by Crippen LogP contribution is -2.55. The van der Waals surface area contributed by atoms with E-state index in [9.17, 15) is 13.2 Å². The van der Waals surface area contributed by atoms with Gasteiger partial charge in [0, 0.05) is 28.6 Å². The molecule has 1 saturated heterocycles. The third-order valence-electron chi connectivity index (χ3n) is 5.18. The minimum atomic E-state index is -3.18. The lowest BCUT2D eigenvalue weighted by atomic mass is 10.0. The van der Waals surface area contributed by atoms with Crippen LogP contribution in [0.25, 0.3) is 11.1 Å². The molecule has 2 unspecified atom stereocenters. The van der Waals surface area contributed by atoms with Crippen molar-refractivity contribution in [2.45, 2.75) is 24.9 Å². The van der Waals surface area contributed by atoms with E-state index in [4.69, 9.17) is 17.3 Å². The number of nitrogens with zero attached hydrogens (tertiary/aromatic N) is 2. The normalized spacial score (nSPS) is 24.8. The third kappa shape index (κ3) is 4.37. The molecule has 2 aromatic rings. The molecule has 1 fully saturated rings. The zero-order chi connectivity index (χ0) is 20.6. The summed E-state index contributed by atoms with van der Waals surface area (Å²) in [5, 5.41) is 7.84. The zero-order valence-electron chi connectivity index (χ0n) is 15.5. The number of nitrogens with one attached hydrogen (secondary N) is 1. The van der Waals surface area contributed by atoms with Gasteiger partial charge in [0.2, 0.25) is 0 Å². The van der Waals surface area contributed by atoms with Gasteiger partial charge in [-0.3, -0.25) is 4.79 Å². The van der Waals surface area contributed by atoms with Crippen LogP contribution in [0.2, 0.25) is 0 Å². The summed E-state index contributed by atoms with van der Waals surface area (Å²) in [6.07, 6.45) is 6.32.